The van der Waals surface area contributed by atoms with E-state index >= 15 is 0 Å². The summed E-state index contributed by atoms with van der Waals surface area (Å²) in [6.45, 7) is 4.81. The topological polar surface area (TPSA) is 97.3 Å². The Balaban J connectivity index is 1.38. The summed E-state index contributed by atoms with van der Waals surface area (Å²) in [6.07, 6.45) is 7.55. The summed E-state index contributed by atoms with van der Waals surface area (Å²) in [5.41, 5.74) is 10.6. The minimum atomic E-state index is -0.310. The molecule has 202 valence electrons. The normalized spacial score (nSPS) is 21.2. The first-order valence-electron chi connectivity index (χ1n) is 13.3. The number of hydrazine groups is 2. The molecule has 2 aliphatic heterocycles. The second-order valence-electron chi connectivity index (χ2n) is 11.0. The second kappa shape index (κ2) is 10.2. The molecule has 1 saturated carbocycles. The Labute approximate surface area is 232 Å². The highest BCUT2D eigenvalue weighted by Crippen LogP contribution is 2.38. The van der Waals surface area contributed by atoms with E-state index in [1.54, 1.807) is 18.3 Å². The largest absolute Gasteiger partial charge is 0.380 e. The predicted octanol–water partition coefficient (Wildman–Crippen LogP) is 5.75. The van der Waals surface area contributed by atoms with Crippen molar-refractivity contribution in [1.82, 2.24) is 21.0 Å². The first-order chi connectivity index (χ1) is 18.8. The van der Waals surface area contributed by atoms with Crippen molar-refractivity contribution in [2.24, 2.45) is 0 Å². The van der Waals surface area contributed by atoms with Crippen molar-refractivity contribution in [2.75, 3.05) is 17.2 Å². The van der Waals surface area contributed by atoms with Gasteiger partial charge < -0.3 is 20.8 Å². The Morgan fingerprint density at radius 3 is 2.74 bits per heavy atom. The standard InChI is InChI=1S/C29H31ClFN7O/c1-29(2)13-20(9-10-39-29)34-26-18(14-32)15-33-28-23(26)11-21(12-24(28)30)35-27(17-3-5-19(31)6-4-17)25-16-38(37-36-25)22-7-8-22/h3-6,11-12,15-16,20,22,27,35-37H,7-10,13H2,1-2H3,(H,33,34). The van der Waals surface area contributed by atoms with Crippen molar-refractivity contribution in [1.29, 1.82) is 5.26 Å². The van der Waals surface area contributed by atoms with Gasteiger partial charge in [-0.25, -0.2) is 4.39 Å². The fourth-order valence-electron chi connectivity index (χ4n) is 5.34. The Morgan fingerprint density at radius 2 is 2.03 bits per heavy atom. The van der Waals surface area contributed by atoms with Gasteiger partial charge in [-0.2, -0.15) is 5.26 Å². The molecule has 0 amide bonds. The van der Waals surface area contributed by atoms with Crippen molar-refractivity contribution in [2.45, 2.75) is 63.3 Å². The number of nitrogens with one attached hydrogen (secondary N) is 4. The summed E-state index contributed by atoms with van der Waals surface area (Å²) in [5, 5.41) is 20.4. The third-order valence-corrected chi connectivity index (χ3v) is 7.75. The van der Waals surface area contributed by atoms with Crippen LogP contribution in [0, 0.1) is 17.1 Å². The zero-order valence-corrected chi connectivity index (χ0v) is 22.6. The number of hydrogen-bond donors (Lipinski definition) is 4. The van der Waals surface area contributed by atoms with Gasteiger partial charge in [-0.1, -0.05) is 23.7 Å². The Morgan fingerprint density at radius 1 is 1.23 bits per heavy atom. The average molecular weight is 548 g/mol. The molecule has 2 fully saturated rings. The SMILES string of the molecule is CC1(C)CC(Nc2c(C#N)cnc3c(Cl)cc(NC(C4=CN(C5CC5)NN4)c4ccc(F)cc4)cc23)CCO1. The van der Waals surface area contributed by atoms with Gasteiger partial charge in [-0.3, -0.25) is 9.99 Å². The Hall–Kier alpha value is -3.58. The minimum Gasteiger partial charge on any atom is -0.380 e. The van der Waals surface area contributed by atoms with Crippen molar-refractivity contribution >= 4 is 33.9 Å². The molecule has 0 radical (unpaired) electrons. The molecule has 0 bridgehead atoms. The number of fused-ring (bicyclic) bond motifs is 1. The number of rotatable bonds is 7. The summed E-state index contributed by atoms with van der Waals surface area (Å²) < 4.78 is 19.7. The summed E-state index contributed by atoms with van der Waals surface area (Å²) >= 11 is 6.77. The van der Waals surface area contributed by atoms with Crippen molar-refractivity contribution in [3.63, 3.8) is 0 Å². The number of pyridine rings is 1. The van der Waals surface area contributed by atoms with Crippen LogP contribution in [0.5, 0.6) is 0 Å². The smallest absolute Gasteiger partial charge is 0.123 e. The number of benzene rings is 2. The van der Waals surface area contributed by atoms with E-state index in [4.69, 9.17) is 16.3 Å². The van der Waals surface area contributed by atoms with Gasteiger partial charge in [0.05, 0.1) is 39.1 Å². The molecular weight excluding hydrogens is 517 g/mol. The molecule has 1 aromatic heterocycles. The Bertz CT molecular complexity index is 1470. The maximum Gasteiger partial charge on any atom is 0.123 e. The van der Waals surface area contributed by atoms with E-state index in [0.717, 1.165) is 48.0 Å². The molecular formula is C29H31ClFN7O. The summed E-state index contributed by atoms with van der Waals surface area (Å²) in [6, 6.07) is 12.9. The molecule has 3 aromatic rings. The van der Waals surface area contributed by atoms with Crippen LogP contribution < -0.4 is 21.6 Å². The second-order valence-corrected chi connectivity index (χ2v) is 11.5. The maximum absolute atomic E-state index is 13.8. The zero-order chi connectivity index (χ0) is 27.1. The van der Waals surface area contributed by atoms with E-state index in [1.165, 1.54) is 12.1 Å². The monoisotopic (exact) mass is 547 g/mol. The lowest BCUT2D eigenvalue weighted by Crippen LogP contribution is -2.40. The van der Waals surface area contributed by atoms with Crippen molar-refractivity contribution in [3.8, 4) is 6.07 Å². The molecule has 2 unspecified atom stereocenters. The quantitative estimate of drug-likeness (QED) is 0.297. The molecule has 4 N–H and O–H groups in total. The van der Waals surface area contributed by atoms with Crippen LogP contribution in [0.1, 0.15) is 56.7 Å². The van der Waals surface area contributed by atoms with E-state index in [2.05, 4.69) is 57.7 Å². The maximum atomic E-state index is 13.8. The van der Waals surface area contributed by atoms with Crippen molar-refractivity contribution in [3.05, 3.63) is 76.5 Å². The zero-order valence-electron chi connectivity index (χ0n) is 21.9. The minimum absolute atomic E-state index is 0.140. The van der Waals surface area contributed by atoms with Gasteiger partial charge in [0.15, 0.2) is 0 Å². The highest BCUT2D eigenvalue weighted by atomic mass is 35.5. The van der Waals surface area contributed by atoms with Crippen LogP contribution in [-0.4, -0.2) is 34.3 Å². The third kappa shape index (κ3) is 5.46. The fourth-order valence-corrected chi connectivity index (χ4v) is 5.61. The van der Waals surface area contributed by atoms with Crippen LogP contribution in [0.15, 0.2) is 54.5 Å². The molecule has 10 heteroatoms. The summed E-state index contributed by atoms with van der Waals surface area (Å²) in [5.74, 6) is -0.292. The van der Waals surface area contributed by atoms with E-state index in [0.29, 0.717) is 34.4 Å². The summed E-state index contributed by atoms with van der Waals surface area (Å²) in [7, 11) is 0. The summed E-state index contributed by atoms with van der Waals surface area (Å²) in [4.78, 5) is 4.51. The molecule has 1 aliphatic carbocycles. The lowest BCUT2D eigenvalue weighted by molar-refractivity contribution is -0.0553. The van der Waals surface area contributed by atoms with Crippen LogP contribution in [0.4, 0.5) is 15.8 Å². The Kier molecular flexibility index (Phi) is 6.71. The molecule has 39 heavy (non-hydrogen) atoms. The fraction of sp³-hybridized carbons (Fsp3) is 0.379. The molecule has 2 atom stereocenters. The van der Waals surface area contributed by atoms with Gasteiger partial charge in [-0.15, -0.1) is 5.53 Å². The highest BCUT2D eigenvalue weighted by molar-refractivity contribution is 6.35. The first kappa shape index (κ1) is 25.7. The number of halogens is 2. The first-order valence-corrected chi connectivity index (χ1v) is 13.6. The van der Waals surface area contributed by atoms with E-state index < -0.39 is 0 Å². The van der Waals surface area contributed by atoms with Gasteiger partial charge >= 0.3 is 0 Å². The van der Waals surface area contributed by atoms with E-state index in [-0.39, 0.29) is 23.5 Å². The van der Waals surface area contributed by atoms with Gasteiger partial charge in [0, 0.05) is 42.2 Å². The van der Waals surface area contributed by atoms with Crippen LogP contribution in [0.2, 0.25) is 5.02 Å². The molecule has 0 spiro atoms. The molecule has 6 rings (SSSR count). The molecule has 3 aliphatic rings. The number of ether oxygens (including phenoxy) is 1. The third-order valence-electron chi connectivity index (χ3n) is 7.46. The van der Waals surface area contributed by atoms with E-state index in [1.807, 2.05) is 12.1 Å². The van der Waals surface area contributed by atoms with Gasteiger partial charge in [0.1, 0.15) is 11.9 Å². The van der Waals surface area contributed by atoms with Crippen LogP contribution in [0.25, 0.3) is 10.9 Å². The number of hydrogen-bond acceptors (Lipinski definition) is 8. The highest BCUT2D eigenvalue weighted by Gasteiger charge is 2.33. The predicted molar refractivity (Wildman–Crippen MR) is 150 cm³/mol. The number of aromatic nitrogens is 1. The molecule has 3 heterocycles. The average Bonchev–Trinajstić information content (AvgIpc) is 3.64. The van der Waals surface area contributed by atoms with Crippen LogP contribution in [-0.2, 0) is 4.74 Å². The molecule has 1 saturated heterocycles. The number of nitrogens with zero attached hydrogens (tertiary/aromatic N) is 3. The lowest BCUT2D eigenvalue weighted by Gasteiger charge is -2.36. The van der Waals surface area contributed by atoms with E-state index in [9.17, 15) is 9.65 Å². The van der Waals surface area contributed by atoms with Crippen LogP contribution >= 0.6 is 11.6 Å². The van der Waals surface area contributed by atoms with Gasteiger partial charge in [-0.05, 0) is 69.4 Å². The van der Waals surface area contributed by atoms with Gasteiger partial charge in [0.25, 0.3) is 0 Å². The lowest BCUT2D eigenvalue weighted by atomic mass is 9.93. The van der Waals surface area contributed by atoms with Crippen molar-refractivity contribution < 1.29 is 9.13 Å². The molecule has 8 nitrogen and oxygen atoms in total. The number of anilines is 2. The van der Waals surface area contributed by atoms with Crippen LogP contribution in [0.3, 0.4) is 0 Å². The van der Waals surface area contributed by atoms with Gasteiger partial charge in [0.2, 0.25) is 0 Å². The molecule has 2 aromatic carbocycles. The number of nitriles is 1.